The van der Waals surface area contributed by atoms with Gasteiger partial charge < -0.3 is 14.9 Å². The first kappa shape index (κ1) is 18.2. The first-order valence-electron chi connectivity index (χ1n) is 9.46. The maximum Gasteiger partial charge on any atom is 0.133 e. The number of aliphatic hydroxyl groups excluding tert-OH is 1. The van der Waals surface area contributed by atoms with E-state index >= 15 is 0 Å². The average Bonchev–Trinajstić information content (AvgIpc) is 3.16. The first-order chi connectivity index (χ1) is 13.0. The molecule has 2 fully saturated rings. The fourth-order valence-corrected chi connectivity index (χ4v) is 4.36. The van der Waals surface area contributed by atoms with Gasteiger partial charge in [-0.25, -0.2) is 4.39 Å². The molecule has 1 saturated heterocycles. The molecule has 0 bridgehead atoms. The van der Waals surface area contributed by atoms with Gasteiger partial charge in [-0.05, 0) is 55.4 Å². The van der Waals surface area contributed by atoms with Gasteiger partial charge in [-0.3, -0.25) is 9.88 Å². The van der Waals surface area contributed by atoms with Crippen LogP contribution in [0.1, 0.15) is 30.2 Å². The number of aromatic hydroxyl groups is 1. The normalized spacial score (nSPS) is 26.1. The Balaban J connectivity index is 1.29. The number of benzene rings is 1. The Hall–Kier alpha value is -2.18. The molecule has 5 nitrogen and oxygen atoms in total. The van der Waals surface area contributed by atoms with Crippen LogP contribution < -0.4 is 4.74 Å². The molecule has 1 aromatic heterocycles. The van der Waals surface area contributed by atoms with Crippen molar-refractivity contribution in [2.45, 2.75) is 32.0 Å². The van der Waals surface area contributed by atoms with Gasteiger partial charge in [0.25, 0.3) is 0 Å². The fourth-order valence-electron chi connectivity index (χ4n) is 4.36. The maximum atomic E-state index is 13.7. The van der Waals surface area contributed by atoms with E-state index in [1.54, 1.807) is 25.1 Å². The van der Waals surface area contributed by atoms with E-state index in [9.17, 15) is 14.6 Å². The summed E-state index contributed by atoms with van der Waals surface area (Å²) in [6.07, 6.45) is 2.75. The lowest BCUT2D eigenvalue weighted by atomic mass is 10.0. The molecule has 2 aliphatic rings. The third-order valence-corrected chi connectivity index (χ3v) is 5.77. The lowest BCUT2D eigenvalue weighted by Gasteiger charge is -2.22. The molecule has 2 aromatic rings. The number of aromatic nitrogens is 1. The Labute approximate surface area is 158 Å². The van der Waals surface area contributed by atoms with Crippen LogP contribution in [0.2, 0.25) is 0 Å². The second-order valence-electron chi connectivity index (χ2n) is 7.82. The molecule has 0 radical (unpaired) electrons. The number of β-amino-alcohol motifs (C(OH)–C–C–N with tert-alkyl or cyclic N) is 1. The Kier molecular flexibility index (Phi) is 5.02. The Morgan fingerprint density at radius 3 is 2.59 bits per heavy atom. The molecule has 1 aromatic carbocycles. The monoisotopic (exact) mass is 372 g/mol. The number of hydrogen-bond donors (Lipinski definition) is 2. The molecule has 0 amide bonds. The highest BCUT2D eigenvalue weighted by Crippen LogP contribution is 2.40. The zero-order valence-corrected chi connectivity index (χ0v) is 15.4. The predicted molar refractivity (Wildman–Crippen MR) is 99.1 cm³/mol. The van der Waals surface area contributed by atoms with Gasteiger partial charge in [0.1, 0.15) is 23.4 Å². The van der Waals surface area contributed by atoms with Crippen LogP contribution in [-0.4, -0.2) is 45.8 Å². The SMILES string of the molecule is Cc1ccc(OC2C[C@@H]3CN(CC(O)c4ccc(O)cn4)C[C@@H]3C2)cc1F. The van der Waals surface area contributed by atoms with Gasteiger partial charge >= 0.3 is 0 Å². The summed E-state index contributed by atoms with van der Waals surface area (Å²) < 4.78 is 19.7. The summed E-state index contributed by atoms with van der Waals surface area (Å²) in [7, 11) is 0. The minimum Gasteiger partial charge on any atom is -0.506 e. The quantitative estimate of drug-likeness (QED) is 0.845. The molecule has 144 valence electrons. The molecular formula is C21H25FN2O3. The molecule has 6 heteroatoms. The number of aryl methyl sites for hydroxylation is 1. The summed E-state index contributed by atoms with van der Waals surface area (Å²) in [5, 5.41) is 19.7. The van der Waals surface area contributed by atoms with Gasteiger partial charge in [-0.2, -0.15) is 0 Å². The zero-order valence-electron chi connectivity index (χ0n) is 15.4. The summed E-state index contributed by atoms with van der Waals surface area (Å²) in [5.41, 5.74) is 1.20. The van der Waals surface area contributed by atoms with Crippen LogP contribution in [-0.2, 0) is 0 Å². The Morgan fingerprint density at radius 1 is 1.22 bits per heavy atom. The van der Waals surface area contributed by atoms with Gasteiger partial charge in [0, 0.05) is 25.7 Å². The molecule has 0 spiro atoms. The number of likely N-dealkylation sites (tertiary alicyclic amines) is 1. The van der Waals surface area contributed by atoms with Crippen LogP contribution in [0.5, 0.6) is 11.5 Å². The number of rotatable bonds is 5. The molecule has 2 heterocycles. The second-order valence-corrected chi connectivity index (χ2v) is 7.82. The standard InChI is InChI=1S/C21H25FN2O3/c1-13-2-4-17(8-19(13)22)27-18-6-14-10-24(11-15(14)7-18)12-21(26)20-5-3-16(25)9-23-20/h2-5,8-9,14-15,18,21,25-26H,6-7,10-12H2,1H3/t14-,15+,18?,21?. The van der Waals surface area contributed by atoms with Crippen molar-refractivity contribution in [3.63, 3.8) is 0 Å². The third kappa shape index (κ3) is 4.06. The van der Waals surface area contributed by atoms with Crippen molar-refractivity contribution in [3.8, 4) is 11.5 Å². The molecule has 1 aliphatic heterocycles. The minimum atomic E-state index is -0.660. The van der Waals surface area contributed by atoms with Gasteiger partial charge in [0.15, 0.2) is 0 Å². The molecule has 1 aliphatic carbocycles. The number of ether oxygens (including phenoxy) is 1. The number of nitrogens with zero attached hydrogens (tertiary/aromatic N) is 2. The molecule has 27 heavy (non-hydrogen) atoms. The molecule has 4 atom stereocenters. The van der Waals surface area contributed by atoms with Gasteiger partial charge in [0.2, 0.25) is 0 Å². The highest BCUT2D eigenvalue weighted by Gasteiger charge is 2.42. The minimum absolute atomic E-state index is 0.0983. The summed E-state index contributed by atoms with van der Waals surface area (Å²) in [4.78, 5) is 6.36. The number of aliphatic hydroxyl groups is 1. The van der Waals surface area contributed by atoms with E-state index in [-0.39, 0.29) is 17.7 Å². The molecular weight excluding hydrogens is 347 g/mol. The predicted octanol–water partition coefficient (Wildman–Crippen LogP) is 3.06. The summed E-state index contributed by atoms with van der Waals surface area (Å²) in [5.74, 6) is 1.57. The van der Waals surface area contributed by atoms with E-state index in [1.807, 2.05) is 6.07 Å². The second kappa shape index (κ2) is 7.44. The van der Waals surface area contributed by atoms with E-state index in [0.717, 1.165) is 25.9 Å². The van der Waals surface area contributed by atoms with E-state index in [4.69, 9.17) is 4.74 Å². The van der Waals surface area contributed by atoms with Crippen molar-refractivity contribution in [1.29, 1.82) is 0 Å². The van der Waals surface area contributed by atoms with E-state index < -0.39 is 6.10 Å². The van der Waals surface area contributed by atoms with Crippen LogP contribution in [0.4, 0.5) is 4.39 Å². The van der Waals surface area contributed by atoms with Crippen molar-refractivity contribution in [2.24, 2.45) is 11.8 Å². The van der Waals surface area contributed by atoms with Crippen LogP contribution in [0.3, 0.4) is 0 Å². The number of pyridine rings is 1. The van der Waals surface area contributed by atoms with Crippen LogP contribution in [0.15, 0.2) is 36.5 Å². The topological polar surface area (TPSA) is 65.8 Å². The number of fused-ring (bicyclic) bond motifs is 1. The average molecular weight is 372 g/mol. The summed E-state index contributed by atoms with van der Waals surface area (Å²) >= 11 is 0. The van der Waals surface area contributed by atoms with E-state index in [0.29, 0.717) is 35.4 Å². The van der Waals surface area contributed by atoms with Crippen molar-refractivity contribution in [1.82, 2.24) is 9.88 Å². The van der Waals surface area contributed by atoms with Gasteiger partial charge in [-0.15, -0.1) is 0 Å². The fraction of sp³-hybridized carbons (Fsp3) is 0.476. The third-order valence-electron chi connectivity index (χ3n) is 5.77. The number of hydrogen-bond acceptors (Lipinski definition) is 5. The summed E-state index contributed by atoms with van der Waals surface area (Å²) in [6.45, 7) is 4.15. The Bertz CT molecular complexity index is 785. The molecule has 2 unspecified atom stereocenters. The van der Waals surface area contributed by atoms with Crippen molar-refractivity contribution < 1.29 is 19.3 Å². The Morgan fingerprint density at radius 2 is 1.96 bits per heavy atom. The maximum absolute atomic E-state index is 13.7. The van der Waals surface area contributed by atoms with Crippen LogP contribution in [0.25, 0.3) is 0 Å². The van der Waals surface area contributed by atoms with Gasteiger partial charge in [0.05, 0.1) is 18.0 Å². The van der Waals surface area contributed by atoms with Gasteiger partial charge in [-0.1, -0.05) is 6.07 Å². The lowest BCUT2D eigenvalue weighted by molar-refractivity contribution is 0.113. The largest absolute Gasteiger partial charge is 0.506 e. The van der Waals surface area contributed by atoms with Crippen LogP contribution in [0, 0.1) is 24.6 Å². The molecule has 2 N–H and O–H groups in total. The smallest absolute Gasteiger partial charge is 0.133 e. The van der Waals surface area contributed by atoms with Crippen LogP contribution >= 0.6 is 0 Å². The first-order valence-corrected chi connectivity index (χ1v) is 9.46. The van der Waals surface area contributed by atoms with Crippen molar-refractivity contribution in [2.75, 3.05) is 19.6 Å². The van der Waals surface area contributed by atoms with E-state index in [2.05, 4.69) is 9.88 Å². The lowest BCUT2D eigenvalue weighted by Crippen LogP contribution is -2.29. The number of halogens is 1. The molecule has 1 saturated carbocycles. The van der Waals surface area contributed by atoms with E-state index in [1.165, 1.54) is 12.3 Å². The van der Waals surface area contributed by atoms with Crippen molar-refractivity contribution in [3.05, 3.63) is 53.6 Å². The summed E-state index contributed by atoms with van der Waals surface area (Å²) in [6, 6.07) is 8.25. The highest BCUT2D eigenvalue weighted by atomic mass is 19.1. The zero-order chi connectivity index (χ0) is 19.0. The molecule has 4 rings (SSSR count). The highest BCUT2D eigenvalue weighted by molar-refractivity contribution is 5.28. The van der Waals surface area contributed by atoms with Crippen molar-refractivity contribution >= 4 is 0 Å².